The first-order valence-corrected chi connectivity index (χ1v) is 5.03. The molecule has 2 aromatic heterocycles. The molecule has 1 unspecified atom stereocenters. The highest BCUT2D eigenvalue weighted by atomic mass is 19.1. The van der Waals surface area contributed by atoms with Crippen LogP contribution in [-0.4, -0.2) is 19.7 Å². The standard InChI is InChI=1S/C10H9FN4O/c11-6-1-2-7(12-5-6)8-3-4-9-13-14-10(16)15(8)9/h1-2,5,8H,3-4H2,(H,14,16). The van der Waals surface area contributed by atoms with E-state index in [0.29, 0.717) is 5.69 Å². The number of aryl methyl sites for hydroxylation is 1. The van der Waals surface area contributed by atoms with Crippen LogP contribution >= 0.6 is 0 Å². The normalized spacial score (nSPS) is 18.7. The molecule has 82 valence electrons. The van der Waals surface area contributed by atoms with E-state index < -0.39 is 0 Å². The summed E-state index contributed by atoms with van der Waals surface area (Å²) in [6, 6.07) is 2.84. The molecule has 0 aromatic carbocycles. The summed E-state index contributed by atoms with van der Waals surface area (Å²) < 4.78 is 14.3. The van der Waals surface area contributed by atoms with E-state index in [0.717, 1.165) is 18.7 Å². The number of aromatic amines is 1. The van der Waals surface area contributed by atoms with Crippen molar-refractivity contribution < 1.29 is 4.39 Å². The highest BCUT2D eigenvalue weighted by Crippen LogP contribution is 2.27. The van der Waals surface area contributed by atoms with Gasteiger partial charge in [-0.05, 0) is 18.6 Å². The van der Waals surface area contributed by atoms with Crippen LogP contribution in [0.1, 0.15) is 24.0 Å². The first-order chi connectivity index (χ1) is 7.75. The highest BCUT2D eigenvalue weighted by Gasteiger charge is 2.27. The molecule has 2 aromatic rings. The summed E-state index contributed by atoms with van der Waals surface area (Å²) in [6.45, 7) is 0. The van der Waals surface area contributed by atoms with Gasteiger partial charge in [-0.1, -0.05) is 0 Å². The number of nitrogens with zero attached hydrogens (tertiary/aromatic N) is 3. The number of pyridine rings is 1. The summed E-state index contributed by atoms with van der Waals surface area (Å²) in [5, 5.41) is 6.32. The van der Waals surface area contributed by atoms with E-state index in [1.807, 2.05) is 0 Å². The van der Waals surface area contributed by atoms with E-state index in [1.54, 1.807) is 10.6 Å². The van der Waals surface area contributed by atoms with Gasteiger partial charge in [0.15, 0.2) is 0 Å². The first kappa shape index (κ1) is 9.26. The van der Waals surface area contributed by atoms with E-state index in [4.69, 9.17) is 0 Å². The van der Waals surface area contributed by atoms with Crippen molar-refractivity contribution in [1.82, 2.24) is 19.7 Å². The largest absolute Gasteiger partial charge is 0.343 e. The zero-order chi connectivity index (χ0) is 11.1. The van der Waals surface area contributed by atoms with Crippen molar-refractivity contribution in [2.24, 2.45) is 0 Å². The lowest BCUT2D eigenvalue weighted by Gasteiger charge is -2.10. The summed E-state index contributed by atoms with van der Waals surface area (Å²) >= 11 is 0. The van der Waals surface area contributed by atoms with Crippen LogP contribution in [0.3, 0.4) is 0 Å². The fourth-order valence-corrected chi connectivity index (χ4v) is 2.09. The predicted molar refractivity (Wildman–Crippen MR) is 53.5 cm³/mol. The molecule has 1 atom stereocenters. The molecule has 0 aliphatic carbocycles. The second-order valence-corrected chi connectivity index (χ2v) is 3.77. The number of hydrogen-bond acceptors (Lipinski definition) is 3. The Hall–Kier alpha value is -1.98. The molecule has 16 heavy (non-hydrogen) atoms. The molecule has 5 nitrogen and oxygen atoms in total. The van der Waals surface area contributed by atoms with Gasteiger partial charge in [-0.15, -0.1) is 0 Å². The molecule has 0 amide bonds. The molecule has 0 bridgehead atoms. The lowest BCUT2D eigenvalue weighted by Crippen LogP contribution is -2.21. The van der Waals surface area contributed by atoms with Gasteiger partial charge in [0.2, 0.25) is 0 Å². The summed E-state index contributed by atoms with van der Waals surface area (Å²) in [5.41, 5.74) is 0.465. The number of H-pyrrole nitrogens is 1. The summed E-state index contributed by atoms with van der Waals surface area (Å²) in [4.78, 5) is 15.5. The minimum absolute atomic E-state index is 0.123. The molecule has 3 heterocycles. The Morgan fingerprint density at radius 2 is 2.38 bits per heavy atom. The van der Waals surface area contributed by atoms with Gasteiger partial charge in [0.05, 0.1) is 17.9 Å². The molecule has 0 spiro atoms. The van der Waals surface area contributed by atoms with Crippen LogP contribution < -0.4 is 5.69 Å². The van der Waals surface area contributed by atoms with E-state index in [2.05, 4.69) is 15.2 Å². The lowest BCUT2D eigenvalue weighted by atomic mass is 10.1. The third kappa shape index (κ3) is 1.26. The maximum absolute atomic E-state index is 12.7. The van der Waals surface area contributed by atoms with Gasteiger partial charge in [-0.3, -0.25) is 9.55 Å². The average molecular weight is 220 g/mol. The Bertz CT molecular complexity index is 571. The number of hydrogen-bond donors (Lipinski definition) is 1. The molecule has 1 N–H and O–H groups in total. The SMILES string of the molecule is O=c1[nH]nc2n1C(c1ccc(F)cn1)CC2. The van der Waals surface area contributed by atoms with Crippen molar-refractivity contribution in [1.29, 1.82) is 0 Å². The van der Waals surface area contributed by atoms with Gasteiger partial charge >= 0.3 is 5.69 Å². The molecule has 3 rings (SSSR count). The number of fused-ring (bicyclic) bond motifs is 1. The predicted octanol–water partition coefficient (Wildman–Crippen LogP) is 0.641. The molecule has 1 aliphatic rings. The Morgan fingerprint density at radius 1 is 1.50 bits per heavy atom. The zero-order valence-corrected chi connectivity index (χ0v) is 8.35. The van der Waals surface area contributed by atoms with Crippen LogP contribution in [0, 0.1) is 5.82 Å². The topological polar surface area (TPSA) is 63.6 Å². The number of aromatic nitrogens is 4. The monoisotopic (exact) mass is 220 g/mol. The molecule has 0 radical (unpaired) electrons. The number of rotatable bonds is 1. The number of nitrogens with one attached hydrogen (secondary N) is 1. The summed E-state index contributed by atoms with van der Waals surface area (Å²) in [7, 11) is 0. The first-order valence-electron chi connectivity index (χ1n) is 5.03. The Morgan fingerprint density at radius 3 is 3.12 bits per heavy atom. The smallest absolute Gasteiger partial charge is 0.270 e. The van der Waals surface area contributed by atoms with Crippen LogP contribution in [0.4, 0.5) is 4.39 Å². The number of halogens is 1. The third-order valence-corrected chi connectivity index (χ3v) is 2.82. The van der Waals surface area contributed by atoms with Crippen molar-refractivity contribution >= 4 is 0 Å². The van der Waals surface area contributed by atoms with Gasteiger partial charge in [0.25, 0.3) is 0 Å². The molecule has 1 aliphatic heterocycles. The Balaban J connectivity index is 2.07. The van der Waals surface area contributed by atoms with Crippen molar-refractivity contribution in [2.45, 2.75) is 18.9 Å². The second-order valence-electron chi connectivity index (χ2n) is 3.77. The summed E-state index contributed by atoms with van der Waals surface area (Å²) in [5.74, 6) is 0.364. The average Bonchev–Trinajstić information content (AvgIpc) is 2.84. The van der Waals surface area contributed by atoms with E-state index >= 15 is 0 Å². The van der Waals surface area contributed by atoms with Gasteiger partial charge in [0.1, 0.15) is 11.6 Å². The van der Waals surface area contributed by atoms with Crippen molar-refractivity contribution in [3.63, 3.8) is 0 Å². The Kier molecular flexibility index (Phi) is 1.89. The van der Waals surface area contributed by atoms with Crippen LogP contribution in [0.25, 0.3) is 0 Å². The minimum atomic E-state index is -0.374. The highest BCUT2D eigenvalue weighted by molar-refractivity contribution is 5.15. The lowest BCUT2D eigenvalue weighted by molar-refractivity contribution is 0.570. The molecule has 0 saturated heterocycles. The van der Waals surface area contributed by atoms with Gasteiger partial charge in [-0.25, -0.2) is 14.3 Å². The van der Waals surface area contributed by atoms with E-state index in [-0.39, 0.29) is 17.5 Å². The Labute approximate surface area is 90.0 Å². The molecular formula is C10H9FN4O. The van der Waals surface area contributed by atoms with Crippen LogP contribution in [0.5, 0.6) is 0 Å². The van der Waals surface area contributed by atoms with Crippen molar-refractivity contribution in [2.75, 3.05) is 0 Å². The van der Waals surface area contributed by atoms with Crippen LogP contribution in [-0.2, 0) is 6.42 Å². The van der Waals surface area contributed by atoms with E-state index in [1.165, 1.54) is 12.3 Å². The molecular weight excluding hydrogens is 211 g/mol. The quantitative estimate of drug-likeness (QED) is 0.767. The second kappa shape index (κ2) is 3.26. The van der Waals surface area contributed by atoms with Crippen molar-refractivity contribution in [3.8, 4) is 0 Å². The molecule has 0 saturated carbocycles. The van der Waals surface area contributed by atoms with Crippen LogP contribution in [0.15, 0.2) is 23.1 Å². The maximum atomic E-state index is 12.7. The van der Waals surface area contributed by atoms with Crippen LogP contribution in [0.2, 0.25) is 0 Å². The summed E-state index contributed by atoms with van der Waals surface area (Å²) in [6.07, 6.45) is 2.69. The van der Waals surface area contributed by atoms with Crippen molar-refractivity contribution in [3.05, 3.63) is 46.1 Å². The zero-order valence-electron chi connectivity index (χ0n) is 8.35. The molecule has 0 fully saturated rings. The third-order valence-electron chi connectivity index (χ3n) is 2.82. The molecule has 6 heteroatoms. The fraction of sp³-hybridized carbons (Fsp3) is 0.300. The maximum Gasteiger partial charge on any atom is 0.343 e. The minimum Gasteiger partial charge on any atom is -0.270 e. The van der Waals surface area contributed by atoms with E-state index in [9.17, 15) is 9.18 Å². The van der Waals surface area contributed by atoms with Gasteiger partial charge in [-0.2, -0.15) is 5.10 Å². The van der Waals surface area contributed by atoms with Gasteiger partial charge in [0, 0.05) is 6.42 Å². The fourth-order valence-electron chi connectivity index (χ4n) is 2.09. The van der Waals surface area contributed by atoms with Gasteiger partial charge < -0.3 is 0 Å².